The minimum atomic E-state index is -4.36. The van der Waals surface area contributed by atoms with E-state index in [9.17, 15) is 19.4 Å². The smallest absolute Gasteiger partial charge is 0.387 e. The van der Waals surface area contributed by atoms with Crippen molar-refractivity contribution in [3.63, 3.8) is 0 Å². The molecule has 3 N–H and O–H groups in total. The maximum atomic E-state index is 13.0. The van der Waals surface area contributed by atoms with E-state index < -0.39 is 20.0 Å². The highest BCUT2D eigenvalue weighted by Crippen LogP contribution is 2.43. The van der Waals surface area contributed by atoms with E-state index >= 15 is 0 Å². The zero-order valence-electron chi connectivity index (χ0n) is 53.4. The molecule has 3 unspecified atom stereocenters. The number of phosphoric ester groups is 1. The average Bonchev–Trinajstić information content (AvgIpc) is 3.42. The molecule has 0 aliphatic heterocycles. The Morgan fingerprint density at radius 3 is 1.09 bits per heavy atom. The number of aliphatic hydroxyl groups excluding tert-OH is 1. The summed E-state index contributed by atoms with van der Waals surface area (Å²) in [6.45, 7) is 4.83. The number of hydrogen-bond donors (Lipinski definition) is 3. The monoisotopic (exact) mass is 1130 g/mol. The SMILES string of the molecule is CCCCCCC/C=C\C/C=C\CCCCCCCCCCCCCCCC(=O)NC(COP(=O)(O)OCC[N+](C)(C)C)C(O)/C=C/CC/C=C/CCCCCCCCCCCCCCCCCCCCCCCCCCCC. The highest BCUT2D eigenvalue weighted by Gasteiger charge is 2.28. The van der Waals surface area contributed by atoms with Gasteiger partial charge in [-0.15, -0.1) is 0 Å². The Balaban J connectivity index is 4.10. The molecule has 0 saturated carbocycles. The van der Waals surface area contributed by atoms with Crippen molar-refractivity contribution in [1.82, 2.24) is 5.32 Å². The summed E-state index contributed by atoms with van der Waals surface area (Å²) in [5.74, 6) is -0.184. The normalized spacial score (nSPS) is 14.0. The molecule has 0 bridgehead atoms. The van der Waals surface area contributed by atoms with Gasteiger partial charge in [-0.3, -0.25) is 13.8 Å². The number of quaternary nitrogens is 1. The molecule has 0 radical (unpaired) electrons. The Labute approximate surface area is 492 Å². The number of likely N-dealkylation sites (N-methyl/N-ethyl adjacent to an activating group) is 1. The van der Waals surface area contributed by atoms with Gasteiger partial charge in [-0.25, -0.2) is 4.57 Å². The Morgan fingerprint density at radius 2 is 0.734 bits per heavy atom. The minimum absolute atomic E-state index is 0.0561. The lowest BCUT2D eigenvalue weighted by molar-refractivity contribution is -0.870. The van der Waals surface area contributed by atoms with Gasteiger partial charge in [0.2, 0.25) is 5.91 Å². The Morgan fingerprint density at radius 1 is 0.430 bits per heavy atom. The maximum absolute atomic E-state index is 13.0. The molecular weight excluding hydrogens is 996 g/mol. The lowest BCUT2D eigenvalue weighted by Crippen LogP contribution is -2.45. The molecule has 0 heterocycles. The molecule has 0 aromatic heterocycles. The van der Waals surface area contributed by atoms with Gasteiger partial charge in [0.15, 0.2) is 0 Å². The number of aliphatic hydroxyl groups is 1. The van der Waals surface area contributed by atoms with Crippen LogP contribution >= 0.6 is 7.82 Å². The molecule has 0 saturated heterocycles. The number of phosphoric acid groups is 1. The summed E-state index contributed by atoms with van der Waals surface area (Å²) in [4.78, 5) is 23.4. The van der Waals surface area contributed by atoms with Crippen molar-refractivity contribution in [2.24, 2.45) is 0 Å². The summed E-state index contributed by atoms with van der Waals surface area (Å²) < 4.78 is 23.8. The number of nitrogens with zero attached hydrogens (tertiary/aromatic N) is 1. The topological polar surface area (TPSA) is 105 Å². The average molecular weight is 1130 g/mol. The van der Waals surface area contributed by atoms with Crippen LogP contribution < -0.4 is 5.32 Å². The molecule has 0 aliphatic carbocycles. The van der Waals surface area contributed by atoms with Crippen molar-refractivity contribution in [2.75, 3.05) is 40.9 Å². The van der Waals surface area contributed by atoms with Crippen LogP contribution in [0.1, 0.15) is 341 Å². The van der Waals surface area contributed by atoms with Gasteiger partial charge >= 0.3 is 7.82 Å². The summed E-state index contributed by atoms with van der Waals surface area (Å²) in [7, 11) is 1.56. The van der Waals surface area contributed by atoms with Crippen LogP contribution in [0.25, 0.3) is 0 Å². The summed E-state index contributed by atoms with van der Waals surface area (Å²) >= 11 is 0. The third kappa shape index (κ3) is 63.9. The fourth-order valence-electron chi connectivity index (χ4n) is 10.4. The number of carbonyl (C=O) groups excluding carboxylic acids is 1. The van der Waals surface area contributed by atoms with E-state index in [-0.39, 0.29) is 19.1 Å². The molecule has 0 aromatic rings. The van der Waals surface area contributed by atoms with Crippen LogP contribution in [0.3, 0.4) is 0 Å². The van der Waals surface area contributed by atoms with Crippen molar-refractivity contribution < 1.29 is 32.9 Å². The van der Waals surface area contributed by atoms with Crippen LogP contribution in [0.15, 0.2) is 48.6 Å². The van der Waals surface area contributed by atoms with E-state index in [2.05, 4.69) is 55.6 Å². The number of allylic oxidation sites excluding steroid dienone is 7. The van der Waals surface area contributed by atoms with Gasteiger partial charge in [-0.05, 0) is 64.2 Å². The summed E-state index contributed by atoms with van der Waals surface area (Å²) in [5.41, 5.74) is 0. The second kappa shape index (κ2) is 61.0. The molecule has 9 heteroatoms. The highest BCUT2D eigenvalue weighted by atomic mass is 31.2. The molecule has 79 heavy (non-hydrogen) atoms. The molecule has 0 aliphatic rings. The van der Waals surface area contributed by atoms with E-state index in [0.717, 1.165) is 44.9 Å². The van der Waals surface area contributed by atoms with Gasteiger partial charge in [0.25, 0.3) is 0 Å². The standard InChI is InChI=1S/C70H135N2O6P/c1-6-8-10-12-14-16-18-20-22-24-26-28-30-32-33-34-35-36-37-38-40-41-43-45-47-49-51-53-55-57-59-61-63-69(73)68(67-78-79(75,76)77-66-65-72(3,4)5)71-70(74)64-62-60-58-56-54-52-50-48-46-44-42-39-31-29-27-25-23-21-19-17-15-13-11-9-7-2/h19,21,25,27,53,55,61,63,68-69,73H,6-18,20,22-24,26,28-52,54,56-60,62,64-67H2,1-5H3,(H-,71,74,75,76)/p+1/b21-19-,27-25-,55-53+,63-61+. The van der Waals surface area contributed by atoms with Crippen LogP contribution in [0.5, 0.6) is 0 Å². The van der Waals surface area contributed by atoms with E-state index in [1.165, 1.54) is 276 Å². The van der Waals surface area contributed by atoms with E-state index in [4.69, 9.17) is 9.05 Å². The predicted octanol–water partition coefficient (Wildman–Crippen LogP) is 21.8. The highest BCUT2D eigenvalue weighted by molar-refractivity contribution is 7.47. The van der Waals surface area contributed by atoms with Crippen molar-refractivity contribution in [3.8, 4) is 0 Å². The van der Waals surface area contributed by atoms with Crippen molar-refractivity contribution >= 4 is 13.7 Å². The zero-order chi connectivity index (χ0) is 57.7. The van der Waals surface area contributed by atoms with E-state index in [1.807, 2.05) is 27.2 Å². The molecule has 1 amide bonds. The third-order valence-corrected chi connectivity index (χ3v) is 16.8. The molecule has 8 nitrogen and oxygen atoms in total. The first kappa shape index (κ1) is 77.5. The van der Waals surface area contributed by atoms with E-state index in [1.54, 1.807) is 6.08 Å². The predicted molar refractivity (Wildman–Crippen MR) is 346 cm³/mol. The molecule has 0 aromatic carbocycles. The van der Waals surface area contributed by atoms with Crippen LogP contribution in [-0.2, 0) is 18.4 Å². The van der Waals surface area contributed by atoms with Gasteiger partial charge in [0.05, 0.1) is 39.9 Å². The number of carbonyl (C=O) groups is 1. The summed E-state index contributed by atoms with van der Waals surface area (Å²) in [5, 5.41) is 14.0. The lowest BCUT2D eigenvalue weighted by atomic mass is 10.0. The first-order chi connectivity index (χ1) is 38.5. The Hall–Kier alpha value is -1.54. The minimum Gasteiger partial charge on any atom is -0.387 e. The van der Waals surface area contributed by atoms with E-state index in [0.29, 0.717) is 17.4 Å². The maximum Gasteiger partial charge on any atom is 0.472 e. The molecule has 466 valence electrons. The summed E-state index contributed by atoms with van der Waals surface area (Å²) in [6.07, 6.45) is 82.6. The fraction of sp³-hybridized carbons (Fsp3) is 0.871. The van der Waals surface area contributed by atoms with Gasteiger partial charge in [-0.1, -0.05) is 319 Å². The molecular formula is C70H136N2O6P+. The number of unbranched alkanes of at least 4 members (excludes halogenated alkanes) is 45. The second-order valence-corrected chi connectivity index (χ2v) is 26.4. The molecule has 0 spiro atoms. The van der Waals surface area contributed by atoms with Gasteiger partial charge in [0.1, 0.15) is 13.2 Å². The van der Waals surface area contributed by atoms with Crippen molar-refractivity contribution in [3.05, 3.63) is 48.6 Å². The van der Waals surface area contributed by atoms with Crippen LogP contribution in [0.4, 0.5) is 0 Å². The van der Waals surface area contributed by atoms with Crippen LogP contribution in [0.2, 0.25) is 0 Å². The number of rotatable bonds is 64. The fourth-order valence-corrected chi connectivity index (χ4v) is 11.1. The summed E-state index contributed by atoms with van der Waals surface area (Å²) in [6, 6.07) is -0.866. The van der Waals surface area contributed by atoms with Crippen LogP contribution in [-0.4, -0.2) is 73.4 Å². The van der Waals surface area contributed by atoms with Gasteiger partial charge in [0, 0.05) is 6.42 Å². The number of amides is 1. The second-order valence-electron chi connectivity index (χ2n) is 24.9. The number of nitrogens with one attached hydrogen (secondary N) is 1. The van der Waals surface area contributed by atoms with Crippen LogP contribution in [0, 0.1) is 0 Å². The Bertz CT molecular complexity index is 1430. The molecule has 3 atom stereocenters. The largest absolute Gasteiger partial charge is 0.472 e. The first-order valence-electron chi connectivity index (χ1n) is 34.5. The van der Waals surface area contributed by atoms with Gasteiger partial charge < -0.3 is 19.8 Å². The Kier molecular flexibility index (Phi) is 59.8. The zero-order valence-corrected chi connectivity index (χ0v) is 54.3. The van der Waals surface area contributed by atoms with Crippen molar-refractivity contribution in [1.29, 1.82) is 0 Å². The van der Waals surface area contributed by atoms with Gasteiger partial charge in [-0.2, -0.15) is 0 Å². The number of hydrogen-bond acceptors (Lipinski definition) is 5. The first-order valence-corrected chi connectivity index (χ1v) is 36.0. The van der Waals surface area contributed by atoms with Crippen molar-refractivity contribution in [2.45, 2.75) is 353 Å². The molecule has 0 fully saturated rings. The third-order valence-electron chi connectivity index (χ3n) is 15.8. The molecule has 0 rings (SSSR count). The lowest BCUT2D eigenvalue weighted by Gasteiger charge is -2.25. The quantitative estimate of drug-likeness (QED) is 0.0243.